The molecule has 0 radical (unpaired) electrons. The van der Waals surface area contributed by atoms with Crippen LogP contribution < -0.4 is 4.90 Å². The second-order valence-electron chi connectivity index (χ2n) is 9.42. The van der Waals surface area contributed by atoms with Crippen molar-refractivity contribution >= 4 is 5.82 Å². The molecule has 5 nitrogen and oxygen atoms in total. The maximum Gasteiger partial charge on any atom is 0.132 e. The van der Waals surface area contributed by atoms with E-state index < -0.39 is 0 Å². The van der Waals surface area contributed by atoms with E-state index in [0.29, 0.717) is 17.9 Å². The van der Waals surface area contributed by atoms with E-state index in [-0.39, 0.29) is 6.61 Å². The number of anilines is 1. The zero-order chi connectivity index (χ0) is 17.6. The van der Waals surface area contributed by atoms with Crippen LogP contribution in [0.1, 0.15) is 56.6 Å². The van der Waals surface area contributed by atoms with Gasteiger partial charge in [-0.05, 0) is 68.1 Å². The first kappa shape index (κ1) is 16.9. The number of rotatable bonds is 6. The Balaban J connectivity index is 1.38. The third kappa shape index (κ3) is 3.13. The van der Waals surface area contributed by atoms with Crippen molar-refractivity contribution in [2.45, 2.75) is 50.9 Å². The van der Waals surface area contributed by atoms with Crippen LogP contribution in [0.25, 0.3) is 0 Å². The van der Waals surface area contributed by atoms with Crippen LogP contribution in [0.15, 0.2) is 12.4 Å². The van der Waals surface area contributed by atoms with Gasteiger partial charge in [0, 0.05) is 31.7 Å². The summed E-state index contributed by atoms with van der Waals surface area (Å²) >= 11 is 0. The minimum Gasteiger partial charge on any atom is -0.395 e. The van der Waals surface area contributed by atoms with E-state index in [2.05, 4.69) is 20.9 Å². The van der Waals surface area contributed by atoms with Crippen molar-refractivity contribution in [2.75, 3.05) is 37.8 Å². The number of hydrogen-bond donors (Lipinski definition) is 1. The van der Waals surface area contributed by atoms with E-state index in [1.165, 1.54) is 38.5 Å². The molecule has 26 heavy (non-hydrogen) atoms. The second-order valence-corrected chi connectivity index (χ2v) is 9.42. The summed E-state index contributed by atoms with van der Waals surface area (Å²) in [6.45, 7) is 3.50. The Bertz CT molecular complexity index is 609. The molecule has 0 amide bonds. The van der Waals surface area contributed by atoms with Crippen LogP contribution in [-0.4, -0.2) is 48.0 Å². The summed E-state index contributed by atoms with van der Waals surface area (Å²) < 4.78 is 5.54. The van der Waals surface area contributed by atoms with Gasteiger partial charge in [-0.15, -0.1) is 0 Å². The minimum absolute atomic E-state index is 0.179. The zero-order valence-electron chi connectivity index (χ0n) is 15.6. The Morgan fingerprint density at radius 1 is 1.12 bits per heavy atom. The quantitative estimate of drug-likeness (QED) is 0.848. The largest absolute Gasteiger partial charge is 0.395 e. The molecule has 0 spiro atoms. The SMILES string of the molecule is OCCN(CC12CC3CC(CC(C3)C1)C2)c1cc([C@@H]2CCOC2)ncn1. The maximum absolute atomic E-state index is 9.69. The van der Waals surface area contributed by atoms with Gasteiger partial charge >= 0.3 is 0 Å². The molecule has 5 fully saturated rings. The maximum atomic E-state index is 9.69. The van der Waals surface area contributed by atoms with E-state index in [1.807, 2.05) is 0 Å². The molecule has 1 aliphatic heterocycles. The Kier molecular flexibility index (Phi) is 4.40. The van der Waals surface area contributed by atoms with Crippen LogP contribution in [0.4, 0.5) is 5.82 Å². The molecule has 0 unspecified atom stereocenters. The first-order valence-corrected chi connectivity index (χ1v) is 10.5. The lowest BCUT2D eigenvalue weighted by Gasteiger charge is -2.58. The predicted octanol–water partition coefficient (Wildman–Crippen LogP) is 3.00. The third-order valence-electron chi connectivity index (χ3n) is 7.41. The Morgan fingerprint density at radius 3 is 2.46 bits per heavy atom. The second kappa shape index (κ2) is 6.75. The van der Waals surface area contributed by atoms with Crippen molar-refractivity contribution in [3.63, 3.8) is 0 Å². The van der Waals surface area contributed by atoms with Crippen molar-refractivity contribution in [3.8, 4) is 0 Å². The lowest BCUT2D eigenvalue weighted by molar-refractivity contribution is -0.0479. The molecule has 2 heterocycles. The highest BCUT2D eigenvalue weighted by Crippen LogP contribution is 2.60. The number of aromatic nitrogens is 2. The fourth-order valence-electron chi connectivity index (χ4n) is 6.81. The lowest BCUT2D eigenvalue weighted by atomic mass is 9.49. The van der Waals surface area contributed by atoms with E-state index in [1.54, 1.807) is 6.33 Å². The lowest BCUT2D eigenvalue weighted by Crippen LogP contribution is -2.51. The van der Waals surface area contributed by atoms with Crippen LogP contribution in [0.5, 0.6) is 0 Å². The molecule has 5 aliphatic rings. The van der Waals surface area contributed by atoms with Gasteiger partial charge in [-0.1, -0.05) is 0 Å². The summed E-state index contributed by atoms with van der Waals surface area (Å²) in [7, 11) is 0. The van der Waals surface area contributed by atoms with E-state index >= 15 is 0 Å². The monoisotopic (exact) mass is 357 g/mol. The highest BCUT2D eigenvalue weighted by Gasteiger charge is 2.51. The molecule has 4 bridgehead atoms. The van der Waals surface area contributed by atoms with Crippen LogP contribution in [-0.2, 0) is 4.74 Å². The summed E-state index contributed by atoms with van der Waals surface area (Å²) in [5, 5.41) is 9.69. The average Bonchev–Trinajstić information content (AvgIpc) is 3.15. The first-order chi connectivity index (χ1) is 12.7. The van der Waals surface area contributed by atoms with E-state index in [9.17, 15) is 5.11 Å². The molecule has 6 rings (SSSR count). The number of hydrogen-bond acceptors (Lipinski definition) is 5. The summed E-state index contributed by atoms with van der Waals surface area (Å²) in [6, 6.07) is 2.15. The van der Waals surface area contributed by atoms with Crippen molar-refractivity contribution < 1.29 is 9.84 Å². The average molecular weight is 357 g/mol. The molecule has 1 aromatic heterocycles. The molecule has 1 atom stereocenters. The summed E-state index contributed by atoms with van der Waals surface area (Å²) in [6.07, 6.45) is 11.3. The Labute approximate surface area is 156 Å². The summed E-state index contributed by atoms with van der Waals surface area (Å²) in [5.74, 6) is 4.25. The summed E-state index contributed by atoms with van der Waals surface area (Å²) in [5.41, 5.74) is 1.55. The van der Waals surface area contributed by atoms with Crippen LogP contribution >= 0.6 is 0 Å². The number of aliphatic hydroxyl groups excluding tert-OH is 1. The number of aliphatic hydroxyl groups is 1. The van der Waals surface area contributed by atoms with Crippen molar-refractivity contribution in [3.05, 3.63) is 18.1 Å². The topological polar surface area (TPSA) is 58.5 Å². The van der Waals surface area contributed by atoms with Crippen molar-refractivity contribution in [1.29, 1.82) is 0 Å². The van der Waals surface area contributed by atoms with Gasteiger partial charge < -0.3 is 14.7 Å². The normalized spacial score (nSPS) is 38.0. The molecule has 142 valence electrons. The predicted molar refractivity (Wildman–Crippen MR) is 100 cm³/mol. The van der Waals surface area contributed by atoms with Gasteiger partial charge in [-0.3, -0.25) is 0 Å². The Morgan fingerprint density at radius 2 is 1.85 bits per heavy atom. The minimum atomic E-state index is 0.179. The molecule has 4 aliphatic carbocycles. The fourth-order valence-corrected chi connectivity index (χ4v) is 6.81. The highest BCUT2D eigenvalue weighted by molar-refractivity contribution is 5.40. The molecule has 0 aromatic carbocycles. The van der Waals surface area contributed by atoms with E-state index in [4.69, 9.17) is 4.74 Å². The van der Waals surface area contributed by atoms with Crippen LogP contribution in [0.3, 0.4) is 0 Å². The van der Waals surface area contributed by atoms with Gasteiger partial charge in [0.2, 0.25) is 0 Å². The fraction of sp³-hybridized carbons (Fsp3) is 0.810. The van der Waals surface area contributed by atoms with E-state index in [0.717, 1.165) is 55.4 Å². The smallest absolute Gasteiger partial charge is 0.132 e. The first-order valence-electron chi connectivity index (χ1n) is 10.5. The van der Waals surface area contributed by atoms with Gasteiger partial charge in [0.05, 0.1) is 18.9 Å². The summed E-state index contributed by atoms with van der Waals surface area (Å²) in [4.78, 5) is 11.4. The third-order valence-corrected chi connectivity index (χ3v) is 7.41. The van der Waals surface area contributed by atoms with Gasteiger partial charge in [-0.2, -0.15) is 0 Å². The molecule has 5 heteroatoms. The van der Waals surface area contributed by atoms with Gasteiger partial charge in [-0.25, -0.2) is 9.97 Å². The molecule has 1 saturated heterocycles. The molecular formula is C21H31N3O2. The molecule has 4 saturated carbocycles. The van der Waals surface area contributed by atoms with Gasteiger partial charge in [0.1, 0.15) is 12.1 Å². The molecule has 1 aromatic rings. The van der Waals surface area contributed by atoms with Gasteiger partial charge in [0.25, 0.3) is 0 Å². The number of ether oxygens (including phenoxy) is 1. The Hall–Kier alpha value is -1.20. The van der Waals surface area contributed by atoms with Gasteiger partial charge in [0.15, 0.2) is 0 Å². The number of nitrogens with zero attached hydrogens (tertiary/aromatic N) is 3. The highest BCUT2D eigenvalue weighted by atomic mass is 16.5. The van der Waals surface area contributed by atoms with Crippen LogP contribution in [0.2, 0.25) is 0 Å². The standard InChI is InChI=1S/C21H31N3O2/c25-3-2-24(20-8-19(22-14-23-20)18-1-4-26-12-18)13-21-9-15-5-16(10-21)7-17(6-15)11-21/h8,14-18,25H,1-7,9-13H2/t15?,16?,17?,18-,21?/m1/s1. The van der Waals surface area contributed by atoms with Crippen molar-refractivity contribution in [1.82, 2.24) is 9.97 Å². The van der Waals surface area contributed by atoms with Crippen molar-refractivity contribution in [2.24, 2.45) is 23.2 Å². The molecular weight excluding hydrogens is 326 g/mol. The molecule has 1 N–H and O–H groups in total. The zero-order valence-corrected chi connectivity index (χ0v) is 15.6. The van der Waals surface area contributed by atoms with Crippen LogP contribution in [0, 0.1) is 23.2 Å².